The van der Waals surface area contributed by atoms with E-state index < -0.39 is 5.79 Å². The third kappa shape index (κ3) is 3.23. The zero-order chi connectivity index (χ0) is 13.2. The topological polar surface area (TPSA) is 18.5 Å². The van der Waals surface area contributed by atoms with Gasteiger partial charge in [-0.1, -0.05) is 41.0 Å². The van der Waals surface area contributed by atoms with Crippen LogP contribution in [0.25, 0.3) is 0 Å². The van der Waals surface area contributed by atoms with Crippen LogP contribution in [-0.2, 0) is 9.47 Å². The molecule has 6 atom stereocenters. The fourth-order valence-corrected chi connectivity index (χ4v) is 2.95. The summed E-state index contributed by atoms with van der Waals surface area (Å²) in [6.45, 7) is 13.6. The minimum Gasteiger partial charge on any atom is -0.353 e. The Hall–Kier alpha value is -0.0800. The highest BCUT2D eigenvalue weighted by molar-refractivity contribution is 4.87. The second-order valence-electron chi connectivity index (χ2n) is 6.21. The van der Waals surface area contributed by atoms with Crippen molar-refractivity contribution in [2.75, 3.05) is 7.11 Å². The highest BCUT2D eigenvalue weighted by atomic mass is 16.7. The quantitative estimate of drug-likeness (QED) is 0.739. The second kappa shape index (κ2) is 5.71. The lowest BCUT2D eigenvalue weighted by Gasteiger charge is -2.47. The maximum absolute atomic E-state index is 6.27. The predicted molar refractivity (Wildman–Crippen MR) is 71.9 cm³/mol. The van der Waals surface area contributed by atoms with Crippen molar-refractivity contribution in [1.82, 2.24) is 0 Å². The van der Waals surface area contributed by atoms with Gasteiger partial charge in [-0.3, -0.25) is 0 Å². The Morgan fingerprint density at radius 3 is 2.41 bits per heavy atom. The minimum absolute atomic E-state index is 0.318. The molecule has 0 saturated carbocycles. The standard InChI is InChI=1S/C15H30O2/c1-8-10(2)12(4)14-13(5)11(3)9-15(6,16-7)17-14/h10-14H,8-9H2,1-7H3. The first kappa shape index (κ1) is 15.0. The summed E-state index contributed by atoms with van der Waals surface area (Å²) in [4.78, 5) is 0. The van der Waals surface area contributed by atoms with Crippen molar-refractivity contribution in [3.8, 4) is 0 Å². The fraction of sp³-hybridized carbons (Fsp3) is 1.00. The van der Waals surface area contributed by atoms with Crippen molar-refractivity contribution >= 4 is 0 Å². The first-order valence-corrected chi connectivity index (χ1v) is 7.07. The van der Waals surface area contributed by atoms with E-state index in [1.807, 2.05) is 0 Å². The zero-order valence-electron chi connectivity index (χ0n) is 12.6. The van der Waals surface area contributed by atoms with E-state index >= 15 is 0 Å². The van der Waals surface area contributed by atoms with E-state index in [1.165, 1.54) is 6.42 Å². The van der Waals surface area contributed by atoms with Crippen molar-refractivity contribution in [2.24, 2.45) is 23.7 Å². The Kier molecular flexibility index (Phi) is 5.03. The largest absolute Gasteiger partial charge is 0.353 e. The maximum atomic E-state index is 6.27. The molecule has 0 aliphatic carbocycles. The van der Waals surface area contributed by atoms with Crippen LogP contribution in [0.5, 0.6) is 0 Å². The molecule has 2 nitrogen and oxygen atoms in total. The molecule has 6 unspecified atom stereocenters. The van der Waals surface area contributed by atoms with Crippen LogP contribution in [0.1, 0.15) is 54.4 Å². The molecule has 17 heavy (non-hydrogen) atoms. The molecule has 1 aliphatic rings. The fourth-order valence-electron chi connectivity index (χ4n) is 2.95. The van der Waals surface area contributed by atoms with Gasteiger partial charge in [0.25, 0.3) is 0 Å². The van der Waals surface area contributed by atoms with Crippen LogP contribution in [0.2, 0.25) is 0 Å². The normalized spacial score (nSPS) is 42.2. The summed E-state index contributed by atoms with van der Waals surface area (Å²) in [5.74, 6) is 2.17. The zero-order valence-corrected chi connectivity index (χ0v) is 12.6. The van der Waals surface area contributed by atoms with E-state index in [0.717, 1.165) is 6.42 Å². The molecule has 0 aromatic rings. The van der Waals surface area contributed by atoms with Crippen molar-refractivity contribution in [3.05, 3.63) is 0 Å². The van der Waals surface area contributed by atoms with Crippen LogP contribution in [0.15, 0.2) is 0 Å². The molecular weight excluding hydrogens is 212 g/mol. The molecule has 1 saturated heterocycles. The molecule has 102 valence electrons. The summed E-state index contributed by atoms with van der Waals surface area (Å²) in [7, 11) is 1.76. The molecule has 0 spiro atoms. The number of hydrogen-bond donors (Lipinski definition) is 0. The lowest BCUT2D eigenvalue weighted by Crippen LogP contribution is -2.50. The number of rotatable bonds is 4. The summed E-state index contributed by atoms with van der Waals surface area (Å²) in [5, 5.41) is 0. The molecule has 1 rings (SSSR count). The summed E-state index contributed by atoms with van der Waals surface area (Å²) >= 11 is 0. The number of ether oxygens (including phenoxy) is 2. The summed E-state index contributed by atoms with van der Waals surface area (Å²) in [6.07, 6.45) is 2.53. The monoisotopic (exact) mass is 242 g/mol. The Balaban J connectivity index is 2.81. The number of hydrogen-bond acceptors (Lipinski definition) is 2. The molecule has 0 bridgehead atoms. The molecule has 0 amide bonds. The Morgan fingerprint density at radius 2 is 1.94 bits per heavy atom. The highest BCUT2D eigenvalue weighted by Crippen LogP contribution is 2.41. The van der Waals surface area contributed by atoms with E-state index in [1.54, 1.807) is 7.11 Å². The van der Waals surface area contributed by atoms with E-state index in [0.29, 0.717) is 29.8 Å². The lowest BCUT2D eigenvalue weighted by molar-refractivity contribution is -0.291. The Labute approximate surface area is 107 Å². The van der Waals surface area contributed by atoms with Gasteiger partial charge in [-0.15, -0.1) is 0 Å². The van der Waals surface area contributed by atoms with Gasteiger partial charge in [0, 0.05) is 13.5 Å². The van der Waals surface area contributed by atoms with Crippen LogP contribution in [0.3, 0.4) is 0 Å². The summed E-state index contributed by atoms with van der Waals surface area (Å²) in [5.41, 5.74) is 0. The van der Waals surface area contributed by atoms with Gasteiger partial charge in [0.15, 0.2) is 5.79 Å². The molecular formula is C15H30O2. The van der Waals surface area contributed by atoms with E-state index in [9.17, 15) is 0 Å². The molecule has 1 heterocycles. The van der Waals surface area contributed by atoms with Gasteiger partial charge >= 0.3 is 0 Å². The third-order valence-electron chi connectivity index (χ3n) is 4.99. The highest BCUT2D eigenvalue weighted by Gasteiger charge is 2.43. The molecule has 2 heteroatoms. The molecule has 0 radical (unpaired) electrons. The van der Waals surface area contributed by atoms with Crippen molar-refractivity contribution in [2.45, 2.75) is 66.3 Å². The molecule has 0 aromatic carbocycles. The van der Waals surface area contributed by atoms with Gasteiger partial charge in [-0.2, -0.15) is 0 Å². The van der Waals surface area contributed by atoms with Gasteiger partial charge < -0.3 is 9.47 Å². The van der Waals surface area contributed by atoms with E-state index in [2.05, 4.69) is 41.5 Å². The molecule has 0 aromatic heterocycles. The van der Waals surface area contributed by atoms with Gasteiger partial charge in [0.2, 0.25) is 0 Å². The van der Waals surface area contributed by atoms with Crippen LogP contribution < -0.4 is 0 Å². The minimum atomic E-state index is -0.391. The number of methoxy groups -OCH3 is 1. The smallest absolute Gasteiger partial charge is 0.165 e. The van der Waals surface area contributed by atoms with Gasteiger partial charge in [0.05, 0.1) is 6.10 Å². The van der Waals surface area contributed by atoms with Crippen LogP contribution >= 0.6 is 0 Å². The van der Waals surface area contributed by atoms with Gasteiger partial charge in [-0.05, 0) is 30.6 Å². The molecule has 1 aliphatic heterocycles. The maximum Gasteiger partial charge on any atom is 0.165 e. The Bertz CT molecular complexity index is 241. The first-order chi connectivity index (χ1) is 7.84. The summed E-state index contributed by atoms with van der Waals surface area (Å²) in [6, 6.07) is 0. The molecule has 0 N–H and O–H groups in total. The van der Waals surface area contributed by atoms with Gasteiger partial charge in [-0.25, -0.2) is 0 Å². The van der Waals surface area contributed by atoms with E-state index in [4.69, 9.17) is 9.47 Å². The Morgan fingerprint density at radius 1 is 1.35 bits per heavy atom. The van der Waals surface area contributed by atoms with Crippen molar-refractivity contribution in [1.29, 1.82) is 0 Å². The average molecular weight is 242 g/mol. The SMILES string of the molecule is CCC(C)C(C)C1OC(C)(OC)CC(C)C1C. The molecule has 1 fully saturated rings. The predicted octanol–water partition coefficient (Wildman–Crippen LogP) is 4.09. The second-order valence-corrected chi connectivity index (χ2v) is 6.21. The van der Waals surface area contributed by atoms with Crippen molar-refractivity contribution in [3.63, 3.8) is 0 Å². The first-order valence-electron chi connectivity index (χ1n) is 7.07. The van der Waals surface area contributed by atoms with Crippen LogP contribution in [-0.4, -0.2) is 19.0 Å². The van der Waals surface area contributed by atoms with Crippen LogP contribution in [0, 0.1) is 23.7 Å². The average Bonchev–Trinajstić information content (AvgIpc) is 2.32. The van der Waals surface area contributed by atoms with Gasteiger partial charge in [0.1, 0.15) is 0 Å². The summed E-state index contributed by atoms with van der Waals surface area (Å²) < 4.78 is 11.8. The third-order valence-corrected chi connectivity index (χ3v) is 4.99. The van der Waals surface area contributed by atoms with E-state index in [-0.39, 0.29) is 0 Å². The van der Waals surface area contributed by atoms with Crippen molar-refractivity contribution < 1.29 is 9.47 Å². The lowest BCUT2D eigenvalue weighted by atomic mass is 9.74. The van der Waals surface area contributed by atoms with Crippen LogP contribution in [0.4, 0.5) is 0 Å².